The number of pyridine rings is 1. The molecular formula is C12H17NOS. The lowest BCUT2D eigenvalue weighted by molar-refractivity contribution is 0.111. The Labute approximate surface area is 95.5 Å². The number of unbranched alkanes of at least 4 members (excludes halogenated alkanes) is 3. The molecule has 0 aliphatic carbocycles. The molecule has 1 heterocycles. The molecule has 0 spiro atoms. The fraction of sp³-hybridized carbons (Fsp3) is 0.500. The number of aldehydes is 1. The Balaban J connectivity index is 2.27. The predicted octanol–water partition coefficient (Wildman–Crippen LogP) is 3.57. The van der Waals surface area contributed by atoms with Crippen LogP contribution in [0.3, 0.4) is 0 Å². The van der Waals surface area contributed by atoms with Gasteiger partial charge in [0.15, 0.2) is 6.29 Å². The Bertz CT molecular complexity index is 301. The Kier molecular flexibility index (Phi) is 6.09. The number of hydrogen-bond donors (Lipinski definition) is 0. The van der Waals surface area contributed by atoms with E-state index < -0.39 is 0 Å². The standard InChI is InChI=1S/C12H17NOS/c1-2-3-4-5-8-15-12-6-7-13-11(9-12)10-14/h6-7,9-10H,2-5,8H2,1H3. The normalized spacial score (nSPS) is 10.2. The van der Waals surface area contributed by atoms with Crippen molar-refractivity contribution in [2.45, 2.75) is 37.5 Å². The fourth-order valence-corrected chi connectivity index (χ4v) is 2.25. The summed E-state index contributed by atoms with van der Waals surface area (Å²) < 4.78 is 0. The number of carbonyl (C=O) groups excluding carboxylic acids is 1. The summed E-state index contributed by atoms with van der Waals surface area (Å²) in [7, 11) is 0. The zero-order valence-electron chi connectivity index (χ0n) is 9.11. The maximum absolute atomic E-state index is 10.5. The van der Waals surface area contributed by atoms with Crippen LogP contribution < -0.4 is 0 Å². The molecule has 15 heavy (non-hydrogen) atoms. The molecule has 1 aromatic heterocycles. The molecule has 2 nitrogen and oxygen atoms in total. The van der Waals surface area contributed by atoms with Crippen molar-refractivity contribution in [2.75, 3.05) is 5.75 Å². The van der Waals surface area contributed by atoms with E-state index in [4.69, 9.17) is 0 Å². The smallest absolute Gasteiger partial charge is 0.168 e. The van der Waals surface area contributed by atoms with Gasteiger partial charge in [-0.25, -0.2) is 0 Å². The molecule has 3 heteroatoms. The van der Waals surface area contributed by atoms with Gasteiger partial charge in [0.25, 0.3) is 0 Å². The fourth-order valence-electron chi connectivity index (χ4n) is 1.30. The maximum Gasteiger partial charge on any atom is 0.168 e. The molecule has 0 N–H and O–H groups in total. The highest BCUT2D eigenvalue weighted by Gasteiger charge is 1.96. The van der Waals surface area contributed by atoms with E-state index in [1.54, 1.807) is 18.0 Å². The van der Waals surface area contributed by atoms with Crippen LogP contribution in [0.25, 0.3) is 0 Å². The first-order chi connectivity index (χ1) is 7.36. The van der Waals surface area contributed by atoms with E-state index in [-0.39, 0.29) is 0 Å². The number of rotatable bonds is 7. The van der Waals surface area contributed by atoms with Crippen molar-refractivity contribution < 1.29 is 4.79 Å². The average molecular weight is 223 g/mol. The zero-order valence-corrected chi connectivity index (χ0v) is 9.93. The molecule has 0 saturated carbocycles. The van der Waals surface area contributed by atoms with Crippen molar-refractivity contribution in [1.82, 2.24) is 4.98 Å². The highest BCUT2D eigenvalue weighted by molar-refractivity contribution is 7.99. The van der Waals surface area contributed by atoms with Gasteiger partial charge in [-0.05, 0) is 24.3 Å². The Morgan fingerprint density at radius 2 is 2.27 bits per heavy atom. The van der Waals surface area contributed by atoms with Crippen molar-refractivity contribution in [3.05, 3.63) is 24.0 Å². The van der Waals surface area contributed by atoms with Gasteiger partial charge in [0.05, 0.1) is 0 Å². The largest absolute Gasteiger partial charge is 0.296 e. The second-order valence-corrected chi connectivity index (χ2v) is 4.61. The molecule has 0 saturated heterocycles. The van der Waals surface area contributed by atoms with E-state index in [0.717, 1.165) is 16.9 Å². The first-order valence-corrected chi connectivity index (χ1v) is 6.39. The van der Waals surface area contributed by atoms with E-state index >= 15 is 0 Å². The first kappa shape index (κ1) is 12.2. The predicted molar refractivity (Wildman–Crippen MR) is 64.5 cm³/mol. The van der Waals surface area contributed by atoms with Crippen molar-refractivity contribution in [3.63, 3.8) is 0 Å². The topological polar surface area (TPSA) is 30.0 Å². The van der Waals surface area contributed by atoms with Gasteiger partial charge in [0, 0.05) is 11.1 Å². The molecule has 0 aromatic carbocycles. The summed E-state index contributed by atoms with van der Waals surface area (Å²) >= 11 is 1.80. The highest BCUT2D eigenvalue weighted by atomic mass is 32.2. The van der Waals surface area contributed by atoms with E-state index in [1.165, 1.54) is 25.7 Å². The van der Waals surface area contributed by atoms with Crippen LogP contribution in [-0.4, -0.2) is 17.0 Å². The summed E-state index contributed by atoms with van der Waals surface area (Å²) in [6.45, 7) is 2.21. The highest BCUT2D eigenvalue weighted by Crippen LogP contribution is 2.19. The van der Waals surface area contributed by atoms with Gasteiger partial charge in [-0.1, -0.05) is 26.2 Å². The van der Waals surface area contributed by atoms with Gasteiger partial charge in [0.2, 0.25) is 0 Å². The minimum atomic E-state index is 0.522. The SMILES string of the molecule is CCCCCCSc1ccnc(C=O)c1. The molecule has 0 aliphatic heterocycles. The number of aromatic nitrogens is 1. The van der Waals surface area contributed by atoms with Crippen LogP contribution in [0.1, 0.15) is 43.1 Å². The van der Waals surface area contributed by atoms with Gasteiger partial charge in [0.1, 0.15) is 5.69 Å². The van der Waals surface area contributed by atoms with Crippen LogP contribution >= 0.6 is 11.8 Å². The third-order valence-electron chi connectivity index (χ3n) is 2.14. The van der Waals surface area contributed by atoms with Crippen molar-refractivity contribution in [3.8, 4) is 0 Å². The number of nitrogens with zero attached hydrogens (tertiary/aromatic N) is 1. The van der Waals surface area contributed by atoms with Gasteiger partial charge >= 0.3 is 0 Å². The Morgan fingerprint density at radius 1 is 1.40 bits per heavy atom. The summed E-state index contributed by atoms with van der Waals surface area (Å²) in [5.41, 5.74) is 0.522. The van der Waals surface area contributed by atoms with Crippen molar-refractivity contribution in [1.29, 1.82) is 0 Å². The second-order valence-electron chi connectivity index (χ2n) is 3.44. The van der Waals surface area contributed by atoms with Crippen LogP contribution in [0.4, 0.5) is 0 Å². The number of thioether (sulfide) groups is 1. The molecule has 1 aromatic rings. The second kappa shape index (κ2) is 7.46. The third-order valence-corrected chi connectivity index (χ3v) is 3.22. The molecule has 0 atom stereocenters. The van der Waals surface area contributed by atoms with Crippen molar-refractivity contribution >= 4 is 18.0 Å². The summed E-state index contributed by atoms with van der Waals surface area (Å²) in [4.78, 5) is 15.6. The van der Waals surface area contributed by atoms with Gasteiger partial charge in [-0.3, -0.25) is 9.78 Å². The minimum absolute atomic E-state index is 0.522. The van der Waals surface area contributed by atoms with Crippen LogP contribution in [0.5, 0.6) is 0 Å². The van der Waals surface area contributed by atoms with Gasteiger partial charge < -0.3 is 0 Å². The molecule has 82 valence electrons. The van der Waals surface area contributed by atoms with Crippen LogP contribution in [0.15, 0.2) is 23.2 Å². The number of carbonyl (C=O) groups is 1. The Hall–Kier alpha value is -0.830. The van der Waals surface area contributed by atoms with Crippen LogP contribution in [0.2, 0.25) is 0 Å². The quantitative estimate of drug-likeness (QED) is 0.402. The summed E-state index contributed by atoms with van der Waals surface area (Å²) in [6.07, 6.45) is 7.62. The van der Waals surface area contributed by atoms with Crippen LogP contribution in [0, 0.1) is 0 Å². The molecule has 0 amide bonds. The molecule has 1 rings (SSSR count). The molecule has 0 aliphatic rings. The van der Waals surface area contributed by atoms with Gasteiger partial charge in [-0.2, -0.15) is 0 Å². The molecule has 0 unspecified atom stereocenters. The maximum atomic E-state index is 10.5. The zero-order chi connectivity index (χ0) is 10.9. The van der Waals surface area contributed by atoms with E-state index in [2.05, 4.69) is 11.9 Å². The molecule has 0 bridgehead atoms. The van der Waals surface area contributed by atoms with Crippen molar-refractivity contribution in [2.24, 2.45) is 0 Å². The summed E-state index contributed by atoms with van der Waals surface area (Å²) in [6, 6.07) is 3.80. The lowest BCUT2D eigenvalue weighted by atomic mass is 10.2. The van der Waals surface area contributed by atoms with E-state index in [9.17, 15) is 4.79 Å². The molecular weight excluding hydrogens is 206 g/mol. The minimum Gasteiger partial charge on any atom is -0.296 e. The lowest BCUT2D eigenvalue weighted by Crippen LogP contribution is -1.87. The molecule has 0 fully saturated rings. The first-order valence-electron chi connectivity index (χ1n) is 5.41. The average Bonchev–Trinajstić information content (AvgIpc) is 2.29. The monoisotopic (exact) mass is 223 g/mol. The van der Waals surface area contributed by atoms with E-state index in [0.29, 0.717) is 5.69 Å². The van der Waals surface area contributed by atoms with Crippen LogP contribution in [-0.2, 0) is 0 Å². The summed E-state index contributed by atoms with van der Waals surface area (Å²) in [5.74, 6) is 1.13. The van der Waals surface area contributed by atoms with E-state index in [1.807, 2.05) is 12.1 Å². The summed E-state index contributed by atoms with van der Waals surface area (Å²) in [5, 5.41) is 0. The van der Waals surface area contributed by atoms with Gasteiger partial charge in [-0.15, -0.1) is 11.8 Å². The Morgan fingerprint density at radius 3 is 3.00 bits per heavy atom. The number of hydrogen-bond acceptors (Lipinski definition) is 3. The third kappa shape index (κ3) is 4.98. The lowest BCUT2D eigenvalue weighted by Gasteiger charge is -2.01. The molecule has 0 radical (unpaired) electrons.